The van der Waals surface area contributed by atoms with E-state index < -0.39 is 20.7 Å². The average Bonchev–Trinajstić information content (AvgIpc) is 3.09. The molecule has 2 aromatic rings. The van der Waals surface area contributed by atoms with Crippen LogP contribution in [-0.4, -0.2) is 31.2 Å². The van der Waals surface area contributed by atoms with E-state index in [2.05, 4.69) is 5.32 Å². The number of benzene rings is 1. The molecule has 136 valence electrons. The molecular weight excluding hydrogens is 358 g/mol. The molecule has 1 atom stereocenters. The fourth-order valence-corrected chi connectivity index (χ4v) is 4.11. The van der Waals surface area contributed by atoms with Crippen LogP contribution in [0.1, 0.15) is 31.2 Å². The smallest absolute Gasteiger partial charge is 0.224 e. The van der Waals surface area contributed by atoms with Crippen molar-refractivity contribution in [1.29, 1.82) is 0 Å². The molecule has 0 saturated heterocycles. The van der Waals surface area contributed by atoms with Crippen LogP contribution in [0.5, 0.6) is 0 Å². The van der Waals surface area contributed by atoms with Gasteiger partial charge in [0.15, 0.2) is 9.84 Å². The lowest BCUT2D eigenvalue weighted by Crippen LogP contribution is -2.38. The van der Waals surface area contributed by atoms with E-state index in [0.717, 1.165) is 10.4 Å². The van der Waals surface area contributed by atoms with Crippen molar-refractivity contribution >= 4 is 27.1 Å². The number of amides is 1. The Morgan fingerprint density at radius 3 is 2.40 bits per heavy atom. The monoisotopic (exact) mass is 381 g/mol. The van der Waals surface area contributed by atoms with Crippen molar-refractivity contribution in [3.8, 4) is 0 Å². The number of aliphatic hydroxyl groups is 1. The fraction of sp³-hybridized carbons (Fsp3) is 0.389. The molecule has 25 heavy (non-hydrogen) atoms. The zero-order valence-electron chi connectivity index (χ0n) is 14.5. The van der Waals surface area contributed by atoms with E-state index in [1.165, 1.54) is 23.5 Å². The number of nitrogens with one attached hydrogen (secondary N) is 1. The van der Waals surface area contributed by atoms with Gasteiger partial charge in [0.05, 0.1) is 23.1 Å². The lowest BCUT2D eigenvalue weighted by atomic mass is 10.0. The first kappa shape index (κ1) is 19.6. The maximum Gasteiger partial charge on any atom is 0.224 e. The van der Waals surface area contributed by atoms with Crippen LogP contribution in [-0.2, 0) is 26.7 Å². The molecule has 2 rings (SSSR count). The third-order valence-electron chi connectivity index (χ3n) is 3.92. The second-order valence-electron chi connectivity index (χ2n) is 6.44. The molecule has 0 aliphatic rings. The highest BCUT2D eigenvalue weighted by molar-refractivity contribution is 7.92. The molecule has 1 amide bonds. The van der Waals surface area contributed by atoms with Crippen LogP contribution in [0.15, 0.2) is 46.7 Å². The molecule has 0 bridgehead atoms. The first-order valence-electron chi connectivity index (χ1n) is 7.99. The fourth-order valence-electron chi connectivity index (χ4n) is 2.26. The number of thiophene rings is 1. The van der Waals surface area contributed by atoms with Gasteiger partial charge in [-0.25, -0.2) is 8.42 Å². The average molecular weight is 382 g/mol. The zero-order chi connectivity index (χ0) is 18.7. The SMILES string of the molecule is CC(C)S(=O)(=O)c1ccc(CC(=O)NCC(C)(O)c2cccs2)cc1. The summed E-state index contributed by atoms with van der Waals surface area (Å²) in [5, 5.41) is 14.5. The summed E-state index contributed by atoms with van der Waals surface area (Å²) in [5.74, 6) is -0.226. The van der Waals surface area contributed by atoms with E-state index in [-0.39, 0.29) is 23.8 Å². The van der Waals surface area contributed by atoms with Gasteiger partial charge in [0.25, 0.3) is 0 Å². The predicted octanol–water partition coefficient (Wildman–Crippen LogP) is 2.50. The first-order valence-corrected chi connectivity index (χ1v) is 10.4. The van der Waals surface area contributed by atoms with E-state index in [1.54, 1.807) is 32.9 Å². The Balaban J connectivity index is 1.95. The summed E-state index contributed by atoms with van der Waals surface area (Å²) in [4.78, 5) is 13.1. The third-order valence-corrected chi connectivity index (χ3v) is 7.21. The summed E-state index contributed by atoms with van der Waals surface area (Å²) in [7, 11) is -3.31. The van der Waals surface area contributed by atoms with Gasteiger partial charge >= 0.3 is 0 Å². The molecule has 1 heterocycles. The van der Waals surface area contributed by atoms with Gasteiger partial charge < -0.3 is 10.4 Å². The Kier molecular flexibility index (Phi) is 6.03. The van der Waals surface area contributed by atoms with Crippen molar-refractivity contribution in [1.82, 2.24) is 5.32 Å². The van der Waals surface area contributed by atoms with E-state index in [0.29, 0.717) is 0 Å². The van der Waals surface area contributed by atoms with Crippen molar-refractivity contribution in [2.45, 2.75) is 42.9 Å². The molecular formula is C18H23NO4S2. The van der Waals surface area contributed by atoms with Gasteiger partial charge in [-0.3, -0.25) is 4.79 Å². The molecule has 0 aliphatic heterocycles. The number of hydrogen-bond donors (Lipinski definition) is 2. The largest absolute Gasteiger partial charge is 0.383 e. The Bertz CT molecular complexity index is 807. The summed E-state index contributed by atoms with van der Waals surface area (Å²) in [6.45, 7) is 5.04. The number of carbonyl (C=O) groups excluding carboxylic acids is 1. The molecule has 0 spiro atoms. The van der Waals surface area contributed by atoms with Gasteiger partial charge in [0.1, 0.15) is 5.60 Å². The molecule has 0 saturated carbocycles. The number of carbonyl (C=O) groups is 1. The van der Waals surface area contributed by atoms with Gasteiger partial charge in [-0.05, 0) is 49.9 Å². The van der Waals surface area contributed by atoms with Crippen molar-refractivity contribution in [2.24, 2.45) is 0 Å². The first-order chi connectivity index (χ1) is 11.6. The van der Waals surface area contributed by atoms with Crippen LogP contribution in [0.4, 0.5) is 0 Å². The minimum Gasteiger partial charge on any atom is -0.383 e. The summed E-state index contributed by atoms with van der Waals surface area (Å²) in [6.07, 6.45) is 0.128. The Hall–Kier alpha value is -1.70. The van der Waals surface area contributed by atoms with Gasteiger partial charge in [-0.15, -0.1) is 11.3 Å². The van der Waals surface area contributed by atoms with Gasteiger partial charge in [-0.1, -0.05) is 18.2 Å². The second kappa shape index (κ2) is 7.68. The standard InChI is InChI=1S/C18H23NO4S2/c1-13(2)25(22,23)15-8-6-14(7-9-15)11-17(20)19-12-18(3,21)16-5-4-10-24-16/h4-10,13,21H,11-12H2,1-3H3,(H,19,20). The van der Waals surface area contributed by atoms with E-state index in [9.17, 15) is 18.3 Å². The topological polar surface area (TPSA) is 83.5 Å². The molecule has 0 aliphatic carbocycles. The molecule has 7 heteroatoms. The zero-order valence-corrected chi connectivity index (χ0v) is 16.2. The molecule has 0 fully saturated rings. The van der Waals surface area contributed by atoms with Gasteiger partial charge in [-0.2, -0.15) is 0 Å². The molecule has 0 radical (unpaired) electrons. The van der Waals surface area contributed by atoms with Crippen LogP contribution in [0.2, 0.25) is 0 Å². The molecule has 2 N–H and O–H groups in total. The van der Waals surface area contributed by atoms with Crippen LogP contribution in [0.3, 0.4) is 0 Å². The Labute approximate surface area is 152 Å². The summed E-state index contributed by atoms with van der Waals surface area (Å²) >= 11 is 1.43. The van der Waals surface area contributed by atoms with Gasteiger partial charge in [0.2, 0.25) is 5.91 Å². The second-order valence-corrected chi connectivity index (χ2v) is 9.89. The highest BCUT2D eigenvalue weighted by atomic mass is 32.2. The summed E-state index contributed by atoms with van der Waals surface area (Å²) in [6, 6.07) is 10.0. The van der Waals surface area contributed by atoms with Crippen LogP contribution in [0.25, 0.3) is 0 Å². The van der Waals surface area contributed by atoms with Crippen LogP contribution < -0.4 is 5.32 Å². The molecule has 5 nitrogen and oxygen atoms in total. The third kappa shape index (κ3) is 4.90. The van der Waals surface area contributed by atoms with Crippen molar-refractivity contribution in [3.05, 3.63) is 52.2 Å². The number of hydrogen-bond acceptors (Lipinski definition) is 5. The lowest BCUT2D eigenvalue weighted by Gasteiger charge is -2.22. The minimum absolute atomic E-state index is 0.117. The summed E-state index contributed by atoms with van der Waals surface area (Å²) < 4.78 is 24.2. The van der Waals surface area contributed by atoms with Crippen molar-refractivity contribution in [3.63, 3.8) is 0 Å². The maximum atomic E-state index is 12.1. The van der Waals surface area contributed by atoms with Crippen molar-refractivity contribution < 1.29 is 18.3 Å². The van der Waals surface area contributed by atoms with E-state index in [1.807, 2.05) is 17.5 Å². The van der Waals surface area contributed by atoms with E-state index in [4.69, 9.17) is 0 Å². The number of sulfone groups is 1. The Morgan fingerprint density at radius 1 is 1.24 bits per heavy atom. The Morgan fingerprint density at radius 2 is 1.88 bits per heavy atom. The molecule has 1 aromatic carbocycles. The van der Waals surface area contributed by atoms with Gasteiger partial charge in [0, 0.05) is 4.88 Å². The normalized spacial score (nSPS) is 14.3. The number of rotatable bonds is 7. The van der Waals surface area contributed by atoms with Crippen LogP contribution >= 0.6 is 11.3 Å². The van der Waals surface area contributed by atoms with E-state index >= 15 is 0 Å². The summed E-state index contributed by atoms with van der Waals surface area (Å²) in [5.41, 5.74) is -0.394. The molecule has 1 aromatic heterocycles. The predicted molar refractivity (Wildman–Crippen MR) is 99.4 cm³/mol. The lowest BCUT2D eigenvalue weighted by molar-refractivity contribution is -0.121. The van der Waals surface area contributed by atoms with Crippen molar-refractivity contribution in [2.75, 3.05) is 6.54 Å². The quantitative estimate of drug-likeness (QED) is 0.772. The highest BCUT2D eigenvalue weighted by Gasteiger charge is 2.25. The molecule has 1 unspecified atom stereocenters. The highest BCUT2D eigenvalue weighted by Crippen LogP contribution is 2.24. The maximum absolute atomic E-state index is 12.1. The van der Waals surface area contributed by atoms with Crippen LogP contribution in [0, 0.1) is 0 Å². The minimum atomic E-state index is -3.31.